The standard InChI is InChI=1S/C13H25I/c14-13-11-9-7-5-3-1-2-4-6-8-10-12-13/h13H,1-12H2. The van der Waals surface area contributed by atoms with E-state index >= 15 is 0 Å². The molecule has 0 aliphatic heterocycles. The zero-order chi connectivity index (χ0) is 10.1. The molecule has 14 heavy (non-hydrogen) atoms. The lowest BCUT2D eigenvalue weighted by atomic mass is 10.1. The van der Waals surface area contributed by atoms with Gasteiger partial charge in [-0.2, -0.15) is 0 Å². The van der Waals surface area contributed by atoms with Crippen LogP contribution < -0.4 is 0 Å². The molecule has 1 saturated carbocycles. The zero-order valence-corrected chi connectivity index (χ0v) is 11.6. The van der Waals surface area contributed by atoms with Crippen molar-refractivity contribution in [3.8, 4) is 0 Å². The molecule has 0 amide bonds. The average molecular weight is 308 g/mol. The Morgan fingerprint density at radius 3 is 1.14 bits per heavy atom. The quantitative estimate of drug-likeness (QED) is 0.410. The Hall–Kier alpha value is 0.730. The van der Waals surface area contributed by atoms with Gasteiger partial charge in [0.25, 0.3) is 0 Å². The number of halogens is 1. The lowest BCUT2D eigenvalue weighted by Gasteiger charge is -2.08. The summed E-state index contributed by atoms with van der Waals surface area (Å²) in [5.74, 6) is 0. The average Bonchev–Trinajstić information content (AvgIpc) is 2.20. The molecule has 0 aromatic rings. The van der Waals surface area contributed by atoms with Crippen molar-refractivity contribution in [1.82, 2.24) is 0 Å². The van der Waals surface area contributed by atoms with E-state index in [9.17, 15) is 0 Å². The third-order valence-electron chi connectivity index (χ3n) is 3.28. The molecule has 0 aromatic carbocycles. The summed E-state index contributed by atoms with van der Waals surface area (Å²) in [6.07, 6.45) is 17.8. The summed E-state index contributed by atoms with van der Waals surface area (Å²) in [4.78, 5) is 0. The predicted molar refractivity (Wildman–Crippen MR) is 73.2 cm³/mol. The van der Waals surface area contributed by atoms with Crippen LogP contribution in [0.15, 0.2) is 0 Å². The van der Waals surface area contributed by atoms with Crippen LogP contribution in [0.4, 0.5) is 0 Å². The molecule has 0 saturated heterocycles. The Morgan fingerprint density at radius 2 is 0.786 bits per heavy atom. The molecule has 0 spiro atoms. The van der Waals surface area contributed by atoms with Gasteiger partial charge in [0.2, 0.25) is 0 Å². The topological polar surface area (TPSA) is 0 Å². The SMILES string of the molecule is IC1CCCCCCCCCCCC1. The summed E-state index contributed by atoms with van der Waals surface area (Å²) < 4.78 is 0.966. The highest BCUT2D eigenvalue weighted by molar-refractivity contribution is 14.1. The van der Waals surface area contributed by atoms with Gasteiger partial charge in [0.05, 0.1) is 0 Å². The first-order valence-corrected chi connectivity index (χ1v) is 7.78. The molecule has 0 N–H and O–H groups in total. The minimum absolute atomic E-state index is 0.966. The fourth-order valence-electron chi connectivity index (χ4n) is 2.29. The van der Waals surface area contributed by atoms with Crippen LogP contribution in [-0.4, -0.2) is 3.92 Å². The first-order valence-electron chi connectivity index (χ1n) is 6.53. The molecule has 1 fully saturated rings. The van der Waals surface area contributed by atoms with Crippen LogP contribution in [-0.2, 0) is 0 Å². The molecule has 0 radical (unpaired) electrons. The van der Waals surface area contributed by atoms with E-state index in [1.54, 1.807) is 0 Å². The van der Waals surface area contributed by atoms with Crippen molar-refractivity contribution in [1.29, 1.82) is 0 Å². The van der Waals surface area contributed by atoms with E-state index in [2.05, 4.69) is 22.6 Å². The number of rotatable bonds is 0. The molecule has 1 aliphatic carbocycles. The van der Waals surface area contributed by atoms with Crippen molar-refractivity contribution in [2.24, 2.45) is 0 Å². The third kappa shape index (κ3) is 7.08. The lowest BCUT2D eigenvalue weighted by molar-refractivity contribution is 0.562. The zero-order valence-electron chi connectivity index (χ0n) is 9.44. The van der Waals surface area contributed by atoms with E-state index in [-0.39, 0.29) is 0 Å². The summed E-state index contributed by atoms with van der Waals surface area (Å²) in [6.45, 7) is 0. The van der Waals surface area contributed by atoms with Gasteiger partial charge < -0.3 is 0 Å². The Bertz CT molecular complexity index is 108. The van der Waals surface area contributed by atoms with E-state index in [4.69, 9.17) is 0 Å². The first-order chi connectivity index (χ1) is 6.89. The molecular weight excluding hydrogens is 283 g/mol. The molecule has 1 rings (SSSR count). The van der Waals surface area contributed by atoms with Gasteiger partial charge >= 0.3 is 0 Å². The van der Waals surface area contributed by atoms with Gasteiger partial charge in [0, 0.05) is 3.92 Å². The van der Waals surface area contributed by atoms with Gasteiger partial charge in [-0.15, -0.1) is 0 Å². The van der Waals surface area contributed by atoms with Crippen molar-refractivity contribution in [2.75, 3.05) is 0 Å². The molecule has 0 bridgehead atoms. The highest BCUT2D eigenvalue weighted by Gasteiger charge is 2.04. The molecular formula is C13H25I. The fraction of sp³-hybridized carbons (Fsp3) is 1.00. The molecule has 84 valence electrons. The van der Waals surface area contributed by atoms with E-state index in [0.29, 0.717) is 0 Å². The van der Waals surface area contributed by atoms with Crippen LogP contribution in [0.3, 0.4) is 0 Å². The molecule has 1 heteroatoms. The van der Waals surface area contributed by atoms with Crippen LogP contribution in [0.1, 0.15) is 77.0 Å². The number of hydrogen-bond acceptors (Lipinski definition) is 0. The van der Waals surface area contributed by atoms with Gasteiger partial charge in [-0.1, -0.05) is 86.8 Å². The molecule has 1 aliphatic rings. The van der Waals surface area contributed by atoms with Gasteiger partial charge in [-0.05, 0) is 12.8 Å². The van der Waals surface area contributed by atoms with E-state index in [1.165, 1.54) is 77.0 Å². The first kappa shape index (κ1) is 12.8. The summed E-state index contributed by atoms with van der Waals surface area (Å²) in [6, 6.07) is 0. The molecule has 0 nitrogen and oxygen atoms in total. The molecule has 0 atom stereocenters. The Labute approximate surface area is 103 Å². The Morgan fingerprint density at radius 1 is 0.500 bits per heavy atom. The van der Waals surface area contributed by atoms with Gasteiger partial charge in [0.15, 0.2) is 0 Å². The third-order valence-corrected chi connectivity index (χ3v) is 4.53. The van der Waals surface area contributed by atoms with Gasteiger partial charge in [-0.25, -0.2) is 0 Å². The second-order valence-electron chi connectivity index (χ2n) is 4.71. The van der Waals surface area contributed by atoms with Crippen molar-refractivity contribution < 1.29 is 0 Å². The van der Waals surface area contributed by atoms with Crippen LogP contribution >= 0.6 is 22.6 Å². The van der Waals surface area contributed by atoms with E-state index in [1.807, 2.05) is 0 Å². The Balaban J connectivity index is 2.12. The van der Waals surface area contributed by atoms with Crippen LogP contribution in [0, 0.1) is 0 Å². The summed E-state index contributed by atoms with van der Waals surface area (Å²) in [5, 5.41) is 0. The number of hydrogen-bond donors (Lipinski definition) is 0. The van der Waals surface area contributed by atoms with Crippen molar-refractivity contribution >= 4 is 22.6 Å². The lowest BCUT2D eigenvalue weighted by Crippen LogP contribution is -1.97. The van der Waals surface area contributed by atoms with Crippen LogP contribution in [0.2, 0.25) is 0 Å². The molecule has 0 heterocycles. The van der Waals surface area contributed by atoms with E-state index in [0.717, 1.165) is 3.92 Å². The second-order valence-corrected chi connectivity index (χ2v) is 6.47. The largest absolute Gasteiger partial charge is 0.0826 e. The maximum atomic E-state index is 2.66. The van der Waals surface area contributed by atoms with Crippen molar-refractivity contribution in [3.63, 3.8) is 0 Å². The maximum absolute atomic E-state index is 2.66. The minimum atomic E-state index is 0.966. The van der Waals surface area contributed by atoms with Crippen LogP contribution in [0.25, 0.3) is 0 Å². The van der Waals surface area contributed by atoms with Crippen molar-refractivity contribution in [2.45, 2.75) is 81.0 Å². The van der Waals surface area contributed by atoms with Gasteiger partial charge in [-0.3, -0.25) is 0 Å². The van der Waals surface area contributed by atoms with E-state index < -0.39 is 0 Å². The highest BCUT2D eigenvalue weighted by Crippen LogP contribution is 2.21. The smallest absolute Gasteiger partial charge is 0.0110 e. The van der Waals surface area contributed by atoms with Crippen molar-refractivity contribution in [3.05, 3.63) is 0 Å². The number of alkyl halides is 1. The highest BCUT2D eigenvalue weighted by atomic mass is 127. The summed E-state index contributed by atoms with van der Waals surface area (Å²) in [5.41, 5.74) is 0. The maximum Gasteiger partial charge on any atom is 0.0110 e. The van der Waals surface area contributed by atoms with Crippen LogP contribution in [0.5, 0.6) is 0 Å². The second kappa shape index (κ2) is 8.99. The Kier molecular flexibility index (Phi) is 8.22. The summed E-state index contributed by atoms with van der Waals surface area (Å²) in [7, 11) is 0. The summed E-state index contributed by atoms with van der Waals surface area (Å²) >= 11 is 2.66. The predicted octanol–water partition coefficient (Wildman–Crippen LogP) is 5.48. The normalized spacial score (nSPS) is 24.6. The molecule has 0 unspecified atom stereocenters. The monoisotopic (exact) mass is 308 g/mol. The molecule has 0 aromatic heterocycles. The van der Waals surface area contributed by atoms with Gasteiger partial charge in [0.1, 0.15) is 0 Å². The minimum Gasteiger partial charge on any atom is -0.0826 e. The fourth-order valence-corrected chi connectivity index (χ4v) is 3.17.